The summed E-state index contributed by atoms with van der Waals surface area (Å²) in [6.45, 7) is 6.88. The van der Waals surface area contributed by atoms with E-state index in [1.165, 1.54) is 13.0 Å². The van der Waals surface area contributed by atoms with Crippen LogP contribution in [0.3, 0.4) is 0 Å². The molecule has 0 radical (unpaired) electrons. The van der Waals surface area contributed by atoms with E-state index in [2.05, 4.69) is 23.9 Å². The summed E-state index contributed by atoms with van der Waals surface area (Å²) in [7, 11) is 0. The molecular formula is C6H10N+. The average Bonchev–Trinajstić information content (AvgIpc) is 2.43. The van der Waals surface area contributed by atoms with Crippen molar-refractivity contribution in [2.75, 3.05) is 6.54 Å². The summed E-state index contributed by atoms with van der Waals surface area (Å²) < 4.78 is 2.11. The average molecular weight is 96.2 g/mol. The van der Waals surface area contributed by atoms with Crippen molar-refractivity contribution in [3.05, 3.63) is 6.58 Å². The van der Waals surface area contributed by atoms with Crippen molar-refractivity contribution in [1.29, 1.82) is 0 Å². The van der Waals surface area contributed by atoms with Crippen LogP contribution in [-0.2, 0) is 0 Å². The minimum atomic E-state index is 0.775. The third-order valence-corrected chi connectivity index (χ3v) is 1.39. The molecule has 1 aliphatic heterocycles. The Labute approximate surface area is 44.0 Å². The zero-order valence-corrected chi connectivity index (χ0v) is 4.65. The number of hydrogen-bond acceptors (Lipinski definition) is 0. The van der Waals surface area contributed by atoms with E-state index >= 15 is 0 Å². The minimum Gasteiger partial charge on any atom is -0.173 e. The molecule has 1 unspecified atom stereocenters. The largest absolute Gasteiger partial charge is 0.220 e. The van der Waals surface area contributed by atoms with Crippen LogP contribution in [0.1, 0.15) is 13.3 Å². The third kappa shape index (κ3) is 0.726. The molecule has 1 rings (SSSR count). The van der Waals surface area contributed by atoms with Gasteiger partial charge in [-0.2, -0.15) is 4.58 Å². The predicted octanol–water partition coefficient (Wildman–Crippen LogP) is 0.647. The summed E-state index contributed by atoms with van der Waals surface area (Å²) >= 11 is 0. The van der Waals surface area contributed by atoms with Crippen LogP contribution >= 0.6 is 0 Å². The Kier molecular flexibility index (Phi) is 0.994. The fourth-order valence-corrected chi connectivity index (χ4v) is 0.723. The van der Waals surface area contributed by atoms with Crippen molar-refractivity contribution in [1.82, 2.24) is 0 Å². The van der Waals surface area contributed by atoms with E-state index in [1.807, 2.05) is 0 Å². The normalized spacial score (nSPS) is 27.0. The first-order chi connectivity index (χ1) is 3.38. The summed E-state index contributed by atoms with van der Waals surface area (Å²) in [6, 6.07) is 0.775. The summed E-state index contributed by atoms with van der Waals surface area (Å²) in [6.07, 6.45) is 1.24. The van der Waals surface area contributed by atoms with E-state index in [4.69, 9.17) is 0 Å². The van der Waals surface area contributed by atoms with Crippen molar-refractivity contribution in [3.63, 3.8) is 0 Å². The van der Waals surface area contributed by atoms with Crippen LogP contribution in [0, 0.1) is 0 Å². The molecule has 0 saturated carbocycles. The smallest absolute Gasteiger partial charge is 0.173 e. The van der Waals surface area contributed by atoms with E-state index in [0.29, 0.717) is 0 Å². The summed E-state index contributed by atoms with van der Waals surface area (Å²) in [5, 5.41) is 0. The van der Waals surface area contributed by atoms with Crippen molar-refractivity contribution in [2.24, 2.45) is 0 Å². The summed E-state index contributed by atoms with van der Waals surface area (Å²) in [5.74, 6) is 2.82. The molecule has 0 aromatic carbocycles. The van der Waals surface area contributed by atoms with Gasteiger partial charge in [0.1, 0.15) is 0 Å². The molecule has 7 heavy (non-hydrogen) atoms. The number of rotatable bonds is 1. The predicted molar refractivity (Wildman–Crippen MR) is 29.8 cm³/mol. The zero-order valence-electron chi connectivity index (χ0n) is 4.65. The number of nitrogens with zero attached hydrogens (tertiary/aromatic N) is 1. The second-order valence-electron chi connectivity index (χ2n) is 1.87. The second-order valence-corrected chi connectivity index (χ2v) is 1.87. The van der Waals surface area contributed by atoms with E-state index < -0.39 is 0 Å². The van der Waals surface area contributed by atoms with Crippen LogP contribution in [-0.4, -0.2) is 23.0 Å². The molecular weight excluding hydrogens is 86.1 g/mol. The molecule has 0 aliphatic carbocycles. The van der Waals surface area contributed by atoms with Crippen LogP contribution in [0.15, 0.2) is 6.58 Å². The van der Waals surface area contributed by atoms with Gasteiger partial charge in [-0.1, -0.05) is 6.92 Å². The van der Waals surface area contributed by atoms with Crippen LogP contribution < -0.4 is 0 Å². The van der Waals surface area contributed by atoms with Gasteiger partial charge in [-0.3, -0.25) is 0 Å². The van der Waals surface area contributed by atoms with Gasteiger partial charge in [0.15, 0.2) is 5.87 Å². The third-order valence-electron chi connectivity index (χ3n) is 1.39. The highest BCUT2D eigenvalue weighted by Crippen LogP contribution is 2.10. The van der Waals surface area contributed by atoms with E-state index in [1.54, 1.807) is 0 Å². The Morgan fingerprint density at radius 2 is 2.71 bits per heavy atom. The SMILES string of the molecule is C=C=[N+]1CC1CC. The maximum atomic E-state index is 3.52. The Morgan fingerprint density at radius 3 is 2.86 bits per heavy atom. The van der Waals surface area contributed by atoms with Gasteiger partial charge < -0.3 is 0 Å². The van der Waals surface area contributed by atoms with Gasteiger partial charge in [0.25, 0.3) is 0 Å². The molecule has 1 heteroatoms. The van der Waals surface area contributed by atoms with E-state index in [-0.39, 0.29) is 0 Å². The fraction of sp³-hybridized carbons (Fsp3) is 0.667. The molecule has 0 aromatic heterocycles. The van der Waals surface area contributed by atoms with Crippen molar-refractivity contribution in [2.45, 2.75) is 19.4 Å². The van der Waals surface area contributed by atoms with Crippen LogP contribution in [0.2, 0.25) is 0 Å². The van der Waals surface area contributed by atoms with E-state index in [0.717, 1.165) is 6.04 Å². The molecule has 1 aliphatic rings. The summed E-state index contributed by atoms with van der Waals surface area (Å²) in [4.78, 5) is 0. The first-order valence-corrected chi connectivity index (χ1v) is 2.68. The highest BCUT2D eigenvalue weighted by Gasteiger charge is 2.37. The Bertz CT molecular complexity index is 120. The molecule has 1 nitrogen and oxygen atoms in total. The van der Waals surface area contributed by atoms with Crippen LogP contribution in [0.5, 0.6) is 0 Å². The van der Waals surface area contributed by atoms with Gasteiger partial charge in [-0.25, -0.2) is 0 Å². The van der Waals surface area contributed by atoms with Crippen LogP contribution in [0.25, 0.3) is 0 Å². The van der Waals surface area contributed by atoms with Gasteiger partial charge in [-0.15, -0.1) is 0 Å². The van der Waals surface area contributed by atoms with Crippen molar-refractivity contribution < 1.29 is 4.58 Å². The fourth-order valence-electron chi connectivity index (χ4n) is 0.723. The molecule has 1 heterocycles. The lowest BCUT2D eigenvalue weighted by Gasteiger charge is -1.64. The monoisotopic (exact) mass is 96.1 g/mol. The first kappa shape index (κ1) is 4.61. The Balaban J connectivity index is 2.45. The first-order valence-electron chi connectivity index (χ1n) is 2.68. The van der Waals surface area contributed by atoms with Gasteiger partial charge in [0, 0.05) is 13.0 Å². The zero-order chi connectivity index (χ0) is 5.28. The lowest BCUT2D eigenvalue weighted by molar-refractivity contribution is -0.352. The highest BCUT2D eigenvalue weighted by molar-refractivity contribution is 5.40. The molecule has 1 atom stereocenters. The minimum absolute atomic E-state index is 0.775. The quantitative estimate of drug-likeness (QED) is 0.333. The van der Waals surface area contributed by atoms with Gasteiger partial charge in [0.2, 0.25) is 12.6 Å². The lowest BCUT2D eigenvalue weighted by Crippen LogP contribution is -1.82. The molecule has 0 aromatic rings. The van der Waals surface area contributed by atoms with Crippen molar-refractivity contribution in [3.8, 4) is 0 Å². The topological polar surface area (TPSA) is 3.01 Å². The van der Waals surface area contributed by atoms with Gasteiger partial charge in [0.05, 0.1) is 0 Å². The van der Waals surface area contributed by atoms with E-state index in [9.17, 15) is 0 Å². The highest BCUT2D eigenvalue weighted by atomic mass is 15.2. The molecule has 1 saturated heterocycles. The van der Waals surface area contributed by atoms with Gasteiger partial charge in [-0.05, 0) is 0 Å². The van der Waals surface area contributed by atoms with Crippen molar-refractivity contribution >= 4 is 5.87 Å². The lowest BCUT2D eigenvalue weighted by atomic mass is 10.4. The number of hydrogen-bond donors (Lipinski definition) is 0. The molecule has 38 valence electrons. The van der Waals surface area contributed by atoms with Gasteiger partial charge >= 0.3 is 0 Å². The molecule has 0 amide bonds. The Morgan fingerprint density at radius 1 is 2.00 bits per heavy atom. The maximum absolute atomic E-state index is 3.52. The second kappa shape index (κ2) is 1.51. The Hall–Kier alpha value is -0.550. The molecule has 0 bridgehead atoms. The molecule has 0 spiro atoms. The maximum Gasteiger partial charge on any atom is 0.220 e. The van der Waals surface area contributed by atoms with Crippen LogP contribution in [0.4, 0.5) is 0 Å². The standard InChI is InChI=1S/C6H10N/c1-3-6-5-7(6)4-2/h6H,2-3,5H2,1H3/q+1. The molecule has 0 N–H and O–H groups in total. The molecule has 1 fully saturated rings. The summed E-state index contributed by atoms with van der Waals surface area (Å²) in [5.41, 5.74) is 0.